The average Bonchev–Trinajstić information content (AvgIpc) is 2.63. The summed E-state index contributed by atoms with van der Waals surface area (Å²) in [5.74, 6) is 0.472. The summed E-state index contributed by atoms with van der Waals surface area (Å²) in [4.78, 5) is 16.6. The molecule has 5 heteroatoms. The Morgan fingerprint density at radius 2 is 1.96 bits per heavy atom. The summed E-state index contributed by atoms with van der Waals surface area (Å²) in [5, 5.41) is 6.33. The SMILES string of the molecule is COc1cccc(NC(=O)c2ccc(NC3CCCCC3)cn2)c1. The topological polar surface area (TPSA) is 63.2 Å². The second-order valence-electron chi connectivity index (χ2n) is 6.10. The van der Waals surface area contributed by atoms with Crippen molar-refractivity contribution in [3.05, 3.63) is 48.3 Å². The van der Waals surface area contributed by atoms with E-state index in [1.54, 1.807) is 25.4 Å². The molecule has 24 heavy (non-hydrogen) atoms. The van der Waals surface area contributed by atoms with Gasteiger partial charge in [0.1, 0.15) is 11.4 Å². The smallest absolute Gasteiger partial charge is 0.274 e. The highest BCUT2D eigenvalue weighted by atomic mass is 16.5. The number of nitrogens with one attached hydrogen (secondary N) is 2. The molecule has 1 aliphatic rings. The molecule has 0 bridgehead atoms. The third-order valence-electron chi connectivity index (χ3n) is 4.30. The van der Waals surface area contributed by atoms with E-state index in [9.17, 15) is 4.79 Å². The summed E-state index contributed by atoms with van der Waals surface area (Å²) in [6, 6.07) is 11.5. The summed E-state index contributed by atoms with van der Waals surface area (Å²) in [6.45, 7) is 0. The van der Waals surface area contributed by atoms with Gasteiger partial charge < -0.3 is 15.4 Å². The van der Waals surface area contributed by atoms with E-state index in [-0.39, 0.29) is 5.91 Å². The molecule has 1 aromatic carbocycles. The summed E-state index contributed by atoms with van der Waals surface area (Å²) >= 11 is 0. The zero-order valence-electron chi connectivity index (χ0n) is 13.9. The molecule has 0 aliphatic heterocycles. The Bertz CT molecular complexity index is 679. The minimum absolute atomic E-state index is 0.229. The number of amides is 1. The molecule has 3 rings (SSSR count). The lowest BCUT2D eigenvalue weighted by Gasteiger charge is -2.23. The largest absolute Gasteiger partial charge is 0.497 e. The molecule has 2 aromatic rings. The van der Waals surface area contributed by atoms with E-state index in [0.717, 1.165) is 5.69 Å². The van der Waals surface area contributed by atoms with Crippen molar-refractivity contribution in [3.63, 3.8) is 0 Å². The first kappa shape index (κ1) is 16.3. The van der Waals surface area contributed by atoms with Crippen LogP contribution in [0.15, 0.2) is 42.6 Å². The molecule has 5 nitrogen and oxygen atoms in total. The predicted molar refractivity (Wildman–Crippen MR) is 95.7 cm³/mol. The fourth-order valence-corrected chi connectivity index (χ4v) is 2.99. The number of pyridine rings is 1. The average molecular weight is 325 g/mol. The normalized spacial score (nSPS) is 14.9. The molecule has 1 heterocycles. The molecule has 0 atom stereocenters. The summed E-state index contributed by atoms with van der Waals surface area (Å²) in [6.07, 6.45) is 8.04. The first-order valence-corrected chi connectivity index (χ1v) is 8.42. The lowest BCUT2D eigenvalue weighted by atomic mass is 9.95. The maximum absolute atomic E-state index is 12.3. The molecule has 1 aliphatic carbocycles. The van der Waals surface area contributed by atoms with Gasteiger partial charge in [0.05, 0.1) is 19.0 Å². The fraction of sp³-hybridized carbons (Fsp3) is 0.368. The number of nitrogens with zero attached hydrogens (tertiary/aromatic N) is 1. The van der Waals surface area contributed by atoms with E-state index >= 15 is 0 Å². The van der Waals surface area contributed by atoms with Crippen LogP contribution in [0.25, 0.3) is 0 Å². The molecular formula is C19H23N3O2. The lowest BCUT2D eigenvalue weighted by Crippen LogP contribution is -2.22. The van der Waals surface area contributed by atoms with Gasteiger partial charge in [-0.3, -0.25) is 4.79 Å². The van der Waals surface area contributed by atoms with Gasteiger partial charge in [-0.2, -0.15) is 0 Å². The van der Waals surface area contributed by atoms with Crippen LogP contribution < -0.4 is 15.4 Å². The number of aromatic nitrogens is 1. The minimum Gasteiger partial charge on any atom is -0.497 e. The van der Waals surface area contributed by atoms with Gasteiger partial charge in [0.15, 0.2) is 0 Å². The number of carbonyl (C=O) groups is 1. The van der Waals surface area contributed by atoms with Gasteiger partial charge in [-0.05, 0) is 37.1 Å². The van der Waals surface area contributed by atoms with Crippen LogP contribution in [0.1, 0.15) is 42.6 Å². The maximum Gasteiger partial charge on any atom is 0.274 e. The number of carbonyl (C=O) groups excluding carboxylic acids is 1. The van der Waals surface area contributed by atoms with Crippen molar-refractivity contribution in [2.75, 3.05) is 17.7 Å². The molecule has 126 valence electrons. The summed E-state index contributed by atoms with van der Waals surface area (Å²) in [7, 11) is 1.60. The molecule has 0 spiro atoms. The van der Waals surface area contributed by atoms with Gasteiger partial charge in [-0.25, -0.2) is 4.98 Å². The molecule has 2 N–H and O–H groups in total. The van der Waals surface area contributed by atoms with Crippen molar-refractivity contribution < 1.29 is 9.53 Å². The van der Waals surface area contributed by atoms with Crippen molar-refractivity contribution in [3.8, 4) is 5.75 Å². The van der Waals surface area contributed by atoms with Crippen molar-refractivity contribution in [2.45, 2.75) is 38.1 Å². The van der Waals surface area contributed by atoms with Crippen LogP contribution in [0, 0.1) is 0 Å². The highest BCUT2D eigenvalue weighted by Gasteiger charge is 2.13. The van der Waals surface area contributed by atoms with Crippen LogP contribution in [0.3, 0.4) is 0 Å². The fourth-order valence-electron chi connectivity index (χ4n) is 2.99. The quantitative estimate of drug-likeness (QED) is 0.869. The number of hydrogen-bond acceptors (Lipinski definition) is 4. The van der Waals surface area contributed by atoms with Gasteiger partial charge in [0.25, 0.3) is 5.91 Å². The van der Waals surface area contributed by atoms with Gasteiger partial charge >= 0.3 is 0 Å². The van der Waals surface area contributed by atoms with Crippen LogP contribution in [-0.2, 0) is 0 Å². The molecular weight excluding hydrogens is 302 g/mol. The van der Waals surface area contributed by atoms with E-state index in [2.05, 4.69) is 15.6 Å². The zero-order chi connectivity index (χ0) is 16.8. The van der Waals surface area contributed by atoms with Gasteiger partial charge in [-0.15, -0.1) is 0 Å². The molecule has 0 unspecified atom stereocenters. The zero-order valence-corrected chi connectivity index (χ0v) is 13.9. The third kappa shape index (κ3) is 4.25. The van der Waals surface area contributed by atoms with Gasteiger partial charge in [0.2, 0.25) is 0 Å². The van der Waals surface area contributed by atoms with E-state index in [0.29, 0.717) is 23.2 Å². The third-order valence-corrected chi connectivity index (χ3v) is 4.30. The van der Waals surface area contributed by atoms with Crippen LogP contribution in [0.2, 0.25) is 0 Å². The molecule has 0 radical (unpaired) electrons. The van der Waals surface area contributed by atoms with Crippen molar-refractivity contribution in [2.24, 2.45) is 0 Å². The molecule has 1 fully saturated rings. The van der Waals surface area contributed by atoms with Crippen LogP contribution in [-0.4, -0.2) is 24.0 Å². The van der Waals surface area contributed by atoms with Crippen molar-refractivity contribution in [1.29, 1.82) is 0 Å². The van der Waals surface area contributed by atoms with E-state index in [1.165, 1.54) is 32.1 Å². The maximum atomic E-state index is 12.3. The highest BCUT2D eigenvalue weighted by molar-refractivity contribution is 6.03. The predicted octanol–water partition coefficient (Wildman–Crippen LogP) is 4.09. The standard InChI is InChI=1S/C19H23N3O2/c1-24-17-9-5-8-15(12-17)22-19(23)18-11-10-16(13-20-18)21-14-6-3-2-4-7-14/h5,8-14,21H,2-4,6-7H2,1H3,(H,22,23). The Hall–Kier alpha value is -2.56. The molecule has 1 saturated carbocycles. The van der Waals surface area contributed by atoms with E-state index in [4.69, 9.17) is 4.74 Å². The molecule has 1 amide bonds. The minimum atomic E-state index is -0.229. The van der Waals surface area contributed by atoms with Gasteiger partial charge in [0, 0.05) is 17.8 Å². The van der Waals surface area contributed by atoms with Crippen molar-refractivity contribution >= 4 is 17.3 Å². The highest BCUT2D eigenvalue weighted by Crippen LogP contribution is 2.21. The summed E-state index contributed by atoms with van der Waals surface area (Å²) < 4.78 is 5.15. The Morgan fingerprint density at radius 1 is 1.12 bits per heavy atom. The monoisotopic (exact) mass is 325 g/mol. The van der Waals surface area contributed by atoms with E-state index in [1.807, 2.05) is 24.3 Å². The Labute approximate surface area is 142 Å². The first-order chi connectivity index (χ1) is 11.7. The number of rotatable bonds is 5. The number of anilines is 2. The second-order valence-corrected chi connectivity index (χ2v) is 6.10. The van der Waals surface area contributed by atoms with Crippen LogP contribution in [0.4, 0.5) is 11.4 Å². The lowest BCUT2D eigenvalue weighted by molar-refractivity contribution is 0.102. The van der Waals surface area contributed by atoms with Crippen molar-refractivity contribution in [1.82, 2.24) is 4.98 Å². The molecule has 0 saturated heterocycles. The Kier molecular flexibility index (Phi) is 5.31. The molecule has 1 aromatic heterocycles. The number of methoxy groups -OCH3 is 1. The Balaban J connectivity index is 1.60. The van der Waals surface area contributed by atoms with E-state index < -0.39 is 0 Å². The summed E-state index contributed by atoms with van der Waals surface area (Å²) in [5.41, 5.74) is 2.05. The number of hydrogen-bond donors (Lipinski definition) is 2. The Morgan fingerprint density at radius 3 is 2.67 bits per heavy atom. The number of benzene rings is 1. The van der Waals surface area contributed by atoms with Crippen LogP contribution in [0.5, 0.6) is 5.75 Å². The number of ether oxygens (including phenoxy) is 1. The second kappa shape index (κ2) is 7.81. The van der Waals surface area contributed by atoms with Gasteiger partial charge in [-0.1, -0.05) is 25.3 Å². The van der Waals surface area contributed by atoms with Crippen LogP contribution >= 0.6 is 0 Å². The first-order valence-electron chi connectivity index (χ1n) is 8.42.